The highest BCUT2D eigenvalue weighted by molar-refractivity contribution is 5.80. The minimum atomic E-state index is 0.0155. The first-order valence-corrected chi connectivity index (χ1v) is 9.23. The molecule has 1 saturated carbocycles. The number of para-hydroxylation sites is 2. The second-order valence-corrected chi connectivity index (χ2v) is 7.19. The van der Waals surface area contributed by atoms with Crippen LogP contribution in [-0.4, -0.2) is 6.23 Å². The van der Waals surface area contributed by atoms with Gasteiger partial charge < -0.3 is 9.64 Å². The fraction of sp³-hybridized carbons (Fsp3) is 0.364. The Bertz CT molecular complexity index is 775. The summed E-state index contributed by atoms with van der Waals surface area (Å²) in [5, 5.41) is 0. The van der Waals surface area contributed by atoms with Crippen LogP contribution in [0.5, 0.6) is 0 Å². The highest BCUT2D eigenvalue weighted by Crippen LogP contribution is 2.49. The molecule has 0 amide bonds. The Labute approximate surface area is 143 Å². The van der Waals surface area contributed by atoms with Crippen LogP contribution >= 0.6 is 0 Å². The van der Waals surface area contributed by atoms with Crippen LogP contribution in [0.1, 0.15) is 49.3 Å². The van der Waals surface area contributed by atoms with Gasteiger partial charge in [0, 0.05) is 11.3 Å². The Morgan fingerprint density at radius 2 is 1.58 bits per heavy atom. The highest BCUT2D eigenvalue weighted by atomic mass is 16.5. The molecule has 2 aromatic carbocycles. The van der Waals surface area contributed by atoms with Crippen LogP contribution in [0.25, 0.3) is 6.08 Å². The van der Waals surface area contributed by atoms with Gasteiger partial charge in [0.25, 0.3) is 0 Å². The standard InChI is InChI=1S/C22H23NO/c1-2-9-17(10-3-1)22-18-11-5-7-13-20(18)23-19-12-6-4-8-16(19)14-15-21(23)24-22/h4-8,11-15,17,21-22H,1-3,9-10H2/t21-,22+/m0/s1. The third-order valence-electron chi connectivity index (χ3n) is 5.76. The lowest BCUT2D eigenvalue weighted by Gasteiger charge is -2.45. The third-order valence-corrected chi connectivity index (χ3v) is 5.76. The van der Waals surface area contributed by atoms with Crippen LogP contribution in [0.15, 0.2) is 54.6 Å². The van der Waals surface area contributed by atoms with Gasteiger partial charge in [-0.1, -0.05) is 61.7 Å². The van der Waals surface area contributed by atoms with E-state index in [1.807, 2.05) is 0 Å². The number of hydrogen-bond donors (Lipinski definition) is 0. The molecule has 0 spiro atoms. The summed E-state index contributed by atoms with van der Waals surface area (Å²) in [4.78, 5) is 2.37. The van der Waals surface area contributed by atoms with Gasteiger partial charge >= 0.3 is 0 Å². The molecule has 2 nitrogen and oxygen atoms in total. The Balaban J connectivity index is 1.61. The summed E-state index contributed by atoms with van der Waals surface area (Å²) in [5.41, 5.74) is 5.20. The number of fused-ring (bicyclic) bond motifs is 5. The van der Waals surface area contributed by atoms with Crippen LogP contribution < -0.4 is 4.90 Å². The van der Waals surface area contributed by atoms with E-state index in [0.29, 0.717) is 5.92 Å². The quantitative estimate of drug-likeness (QED) is 0.656. The van der Waals surface area contributed by atoms with E-state index in [1.54, 1.807) is 0 Å². The van der Waals surface area contributed by atoms with E-state index in [0.717, 1.165) is 0 Å². The molecular formula is C22H23NO. The van der Waals surface area contributed by atoms with Crippen molar-refractivity contribution in [3.05, 3.63) is 65.7 Å². The molecule has 2 heteroatoms. The molecule has 2 aliphatic heterocycles. The van der Waals surface area contributed by atoms with Crippen molar-refractivity contribution in [2.75, 3.05) is 4.90 Å². The zero-order chi connectivity index (χ0) is 15.9. The average Bonchev–Trinajstić information content (AvgIpc) is 2.67. The predicted octanol–water partition coefficient (Wildman–Crippen LogP) is 5.83. The molecule has 0 aromatic heterocycles. The number of ether oxygens (including phenoxy) is 1. The van der Waals surface area contributed by atoms with E-state index in [2.05, 4.69) is 65.6 Å². The Hall–Kier alpha value is -2.06. The third kappa shape index (κ3) is 2.21. The molecule has 5 rings (SSSR count). The maximum Gasteiger partial charge on any atom is 0.154 e. The van der Waals surface area contributed by atoms with Crippen molar-refractivity contribution in [1.82, 2.24) is 0 Å². The van der Waals surface area contributed by atoms with Gasteiger partial charge in [-0.25, -0.2) is 0 Å². The van der Waals surface area contributed by atoms with Gasteiger partial charge in [0.2, 0.25) is 0 Å². The van der Waals surface area contributed by atoms with Gasteiger partial charge in [-0.15, -0.1) is 0 Å². The summed E-state index contributed by atoms with van der Waals surface area (Å²) in [6, 6.07) is 17.4. The van der Waals surface area contributed by atoms with Crippen molar-refractivity contribution < 1.29 is 4.74 Å². The maximum atomic E-state index is 6.65. The Morgan fingerprint density at radius 1 is 0.833 bits per heavy atom. The number of nitrogens with zero attached hydrogens (tertiary/aromatic N) is 1. The minimum Gasteiger partial charge on any atom is -0.346 e. The zero-order valence-corrected chi connectivity index (χ0v) is 13.9. The molecular weight excluding hydrogens is 294 g/mol. The van der Waals surface area contributed by atoms with Crippen LogP contribution in [0.3, 0.4) is 0 Å². The van der Waals surface area contributed by atoms with Crippen molar-refractivity contribution in [2.45, 2.75) is 44.4 Å². The van der Waals surface area contributed by atoms with Crippen molar-refractivity contribution in [1.29, 1.82) is 0 Å². The van der Waals surface area contributed by atoms with Crippen LogP contribution in [0.4, 0.5) is 11.4 Å². The molecule has 0 bridgehead atoms. The van der Waals surface area contributed by atoms with Gasteiger partial charge in [0.15, 0.2) is 6.23 Å². The predicted molar refractivity (Wildman–Crippen MR) is 98.2 cm³/mol. The van der Waals surface area contributed by atoms with Crippen molar-refractivity contribution in [2.24, 2.45) is 5.92 Å². The summed E-state index contributed by atoms with van der Waals surface area (Å²) in [5.74, 6) is 0.660. The molecule has 3 aliphatic rings. The zero-order valence-electron chi connectivity index (χ0n) is 13.9. The molecule has 24 heavy (non-hydrogen) atoms. The lowest BCUT2D eigenvalue weighted by molar-refractivity contribution is -0.0386. The smallest absolute Gasteiger partial charge is 0.154 e. The van der Waals surface area contributed by atoms with Gasteiger partial charge in [-0.2, -0.15) is 0 Å². The lowest BCUT2D eigenvalue weighted by Crippen LogP contribution is -2.41. The number of benzene rings is 2. The molecule has 0 unspecified atom stereocenters. The molecule has 122 valence electrons. The molecule has 1 fully saturated rings. The molecule has 2 atom stereocenters. The van der Waals surface area contributed by atoms with Crippen molar-refractivity contribution >= 4 is 17.5 Å². The topological polar surface area (TPSA) is 12.5 Å². The Kier molecular flexibility index (Phi) is 3.45. The van der Waals surface area contributed by atoms with Crippen LogP contribution in [0.2, 0.25) is 0 Å². The summed E-state index contributed by atoms with van der Waals surface area (Å²) in [6.07, 6.45) is 11.3. The van der Waals surface area contributed by atoms with Gasteiger partial charge in [0.1, 0.15) is 0 Å². The van der Waals surface area contributed by atoms with Gasteiger partial charge in [0.05, 0.1) is 11.8 Å². The normalized spacial score (nSPS) is 25.8. The van der Waals surface area contributed by atoms with E-state index in [1.165, 1.54) is 54.6 Å². The minimum absolute atomic E-state index is 0.0155. The molecule has 2 aromatic rings. The molecule has 1 aliphatic carbocycles. The first kappa shape index (κ1) is 14.3. The average molecular weight is 317 g/mol. The lowest BCUT2D eigenvalue weighted by atomic mass is 9.81. The Morgan fingerprint density at radius 3 is 2.46 bits per heavy atom. The SMILES string of the molecule is C1=C[C@@H]2O[C@H](C3CCCCC3)c3ccccc3N2c2ccccc21. The highest BCUT2D eigenvalue weighted by Gasteiger charge is 2.38. The summed E-state index contributed by atoms with van der Waals surface area (Å²) in [7, 11) is 0. The number of anilines is 2. The molecule has 2 heterocycles. The van der Waals surface area contributed by atoms with Crippen LogP contribution in [0, 0.1) is 5.92 Å². The maximum absolute atomic E-state index is 6.65. The molecule has 0 saturated heterocycles. The van der Waals surface area contributed by atoms with E-state index in [9.17, 15) is 0 Å². The first-order valence-electron chi connectivity index (χ1n) is 9.23. The van der Waals surface area contributed by atoms with Crippen LogP contribution in [-0.2, 0) is 4.74 Å². The number of hydrogen-bond acceptors (Lipinski definition) is 2. The molecule has 0 radical (unpaired) electrons. The monoisotopic (exact) mass is 317 g/mol. The van der Waals surface area contributed by atoms with Crippen molar-refractivity contribution in [3.8, 4) is 0 Å². The number of rotatable bonds is 1. The fourth-order valence-electron chi connectivity index (χ4n) is 4.60. The largest absolute Gasteiger partial charge is 0.346 e. The van der Waals surface area contributed by atoms with Gasteiger partial charge in [-0.3, -0.25) is 0 Å². The summed E-state index contributed by atoms with van der Waals surface area (Å²) in [6.45, 7) is 0. The van der Waals surface area contributed by atoms with Gasteiger partial charge in [-0.05, 0) is 42.5 Å². The fourth-order valence-corrected chi connectivity index (χ4v) is 4.60. The van der Waals surface area contributed by atoms with E-state index in [4.69, 9.17) is 4.74 Å². The second kappa shape index (κ2) is 5.78. The van der Waals surface area contributed by atoms with E-state index >= 15 is 0 Å². The summed E-state index contributed by atoms with van der Waals surface area (Å²) >= 11 is 0. The molecule has 0 N–H and O–H groups in total. The van der Waals surface area contributed by atoms with Crippen molar-refractivity contribution in [3.63, 3.8) is 0 Å². The summed E-state index contributed by atoms with van der Waals surface area (Å²) < 4.78 is 6.65. The van der Waals surface area contributed by atoms with E-state index < -0.39 is 0 Å². The van der Waals surface area contributed by atoms with E-state index in [-0.39, 0.29) is 12.3 Å². The first-order chi connectivity index (χ1) is 11.9. The second-order valence-electron chi connectivity index (χ2n) is 7.19.